The lowest BCUT2D eigenvalue weighted by Crippen LogP contribution is -1.98. The third-order valence-electron chi connectivity index (χ3n) is 2.16. The first-order chi connectivity index (χ1) is 7.16. The molecule has 0 amide bonds. The van der Waals surface area contributed by atoms with E-state index in [1.54, 1.807) is 6.20 Å². The molecule has 0 aromatic carbocycles. The number of carboxylic acid groups (broad SMARTS) is 1. The van der Waals surface area contributed by atoms with Gasteiger partial charge in [-0.25, -0.2) is 4.98 Å². The van der Waals surface area contributed by atoms with Gasteiger partial charge in [-0.15, -0.1) is 0 Å². The van der Waals surface area contributed by atoms with Crippen LogP contribution in [0.3, 0.4) is 0 Å². The van der Waals surface area contributed by atoms with E-state index in [0.717, 1.165) is 15.8 Å². The number of hydrogen-bond donors (Lipinski definition) is 1. The van der Waals surface area contributed by atoms with Gasteiger partial charge in [0.05, 0.1) is 6.20 Å². The highest BCUT2D eigenvalue weighted by Crippen LogP contribution is 2.14. The minimum Gasteiger partial charge on any atom is -0.481 e. The number of carboxylic acids is 1. The molecule has 1 N–H and O–H groups in total. The predicted octanol–water partition coefficient (Wildman–Crippen LogP) is 2.11. The van der Waals surface area contributed by atoms with Crippen molar-refractivity contribution in [1.82, 2.24) is 9.38 Å². The van der Waals surface area contributed by atoms with E-state index < -0.39 is 5.97 Å². The Morgan fingerprint density at radius 1 is 1.60 bits per heavy atom. The van der Waals surface area contributed by atoms with Gasteiger partial charge < -0.3 is 5.11 Å². The summed E-state index contributed by atoms with van der Waals surface area (Å²) in [6.07, 6.45) is 4.29. The highest BCUT2D eigenvalue weighted by atomic mass is 79.9. The van der Waals surface area contributed by atoms with Crippen LogP contribution >= 0.6 is 15.9 Å². The molecule has 0 spiro atoms. The molecule has 0 aliphatic carbocycles. The summed E-state index contributed by atoms with van der Waals surface area (Å²) >= 11 is 3.36. The predicted molar refractivity (Wildman–Crippen MR) is 58.8 cm³/mol. The molecule has 2 aromatic heterocycles. The first-order valence-corrected chi connectivity index (χ1v) is 5.29. The average molecular weight is 269 g/mol. The molecule has 0 aliphatic rings. The highest BCUT2D eigenvalue weighted by molar-refractivity contribution is 9.10. The van der Waals surface area contributed by atoms with E-state index in [0.29, 0.717) is 6.42 Å². The Bertz CT molecular complexity index is 507. The van der Waals surface area contributed by atoms with Crippen molar-refractivity contribution in [3.8, 4) is 0 Å². The lowest BCUT2D eigenvalue weighted by molar-refractivity contribution is -0.136. The Labute approximate surface area is 94.7 Å². The van der Waals surface area contributed by atoms with Crippen LogP contribution in [-0.4, -0.2) is 20.5 Å². The number of rotatable bonds is 3. The molecule has 5 heteroatoms. The number of nitrogens with zero attached hydrogens (tertiary/aromatic N) is 2. The van der Waals surface area contributed by atoms with Crippen molar-refractivity contribution in [2.24, 2.45) is 0 Å². The molecule has 0 saturated heterocycles. The number of pyridine rings is 1. The van der Waals surface area contributed by atoms with Crippen LogP contribution < -0.4 is 0 Å². The van der Waals surface area contributed by atoms with Crippen molar-refractivity contribution in [2.45, 2.75) is 12.8 Å². The maximum Gasteiger partial charge on any atom is 0.303 e. The van der Waals surface area contributed by atoms with Crippen molar-refractivity contribution in [3.05, 3.63) is 34.7 Å². The summed E-state index contributed by atoms with van der Waals surface area (Å²) in [6, 6.07) is 3.80. The standard InChI is InChI=1S/C10H9BrN2O2/c11-8-6-12-9-5-7(1-2-10(14)15)3-4-13(8)9/h3-6H,1-2H2,(H,14,15). The van der Waals surface area contributed by atoms with Gasteiger partial charge in [-0.1, -0.05) is 0 Å². The molecular weight excluding hydrogens is 260 g/mol. The van der Waals surface area contributed by atoms with E-state index in [4.69, 9.17) is 5.11 Å². The van der Waals surface area contributed by atoms with Crippen LogP contribution in [0.5, 0.6) is 0 Å². The van der Waals surface area contributed by atoms with E-state index >= 15 is 0 Å². The molecule has 4 nitrogen and oxygen atoms in total. The van der Waals surface area contributed by atoms with E-state index in [9.17, 15) is 4.79 Å². The van der Waals surface area contributed by atoms with Crippen molar-refractivity contribution >= 4 is 27.5 Å². The fourth-order valence-corrected chi connectivity index (χ4v) is 1.80. The Balaban J connectivity index is 2.27. The molecule has 2 rings (SSSR count). The summed E-state index contributed by atoms with van der Waals surface area (Å²) in [5.41, 5.74) is 1.81. The molecule has 2 heterocycles. The van der Waals surface area contributed by atoms with Crippen LogP contribution in [0.1, 0.15) is 12.0 Å². The molecule has 0 unspecified atom stereocenters. The van der Waals surface area contributed by atoms with Gasteiger partial charge in [-0.3, -0.25) is 9.20 Å². The summed E-state index contributed by atoms with van der Waals surface area (Å²) in [4.78, 5) is 14.6. The number of halogens is 1. The molecule has 0 atom stereocenters. The van der Waals surface area contributed by atoms with Gasteiger partial charge in [0.15, 0.2) is 0 Å². The summed E-state index contributed by atoms with van der Waals surface area (Å²) in [6.45, 7) is 0. The van der Waals surface area contributed by atoms with Gasteiger partial charge in [-0.2, -0.15) is 0 Å². The zero-order valence-corrected chi connectivity index (χ0v) is 9.44. The molecular formula is C10H9BrN2O2. The minimum atomic E-state index is -0.778. The molecule has 0 saturated carbocycles. The second-order valence-electron chi connectivity index (χ2n) is 3.24. The number of carbonyl (C=O) groups is 1. The van der Waals surface area contributed by atoms with Crippen molar-refractivity contribution in [3.63, 3.8) is 0 Å². The number of fused-ring (bicyclic) bond motifs is 1. The van der Waals surface area contributed by atoms with Gasteiger partial charge >= 0.3 is 5.97 Å². The molecule has 0 radical (unpaired) electrons. The quantitative estimate of drug-likeness (QED) is 0.928. The Morgan fingerprint density at radius 2 is 2.40 bits per heavy atom. The Hall–Kier alpha value is -1.36. The van der Waals surface area contributed by atoms with Crippen LogP contribution in [0, 0.1) is 0 Å². The molecule has 15 heavy (non-hydrogen) atoms. The maximum atomic E-state index is 10.4. The number of hydrogen-bond acceptors (Lipinski definition) is 2. The second-order valence-corrected chi connectivity index (χ2v) is 4.05. The lowest BCUT2D eigenvalue weighted by Gasteiger charge is -2.00. The first kappa shape index (κ1) is 10.2. The SMILES string of the molecule is O=C(O)CCc1ccn2c(Br)cnc2c1. The van der Waals surface area contributed by atoms with Gasteiger partial charge in [0.1, 0.15) is 10.3 Å². The summed E-state index contributed by atoms with van der Waals surface area (Å²) < 4.78 is 2.78. The summed E-state index contributed by atoms with van der Waals surface area (Å²) in [5, 5.41) is 8.56. The van der Waals surface area contributed by atoms with Crippen LogP contribution in [-0.2, 0) is 11.2 Å². The monoisotopic (exact) mass is 268 g/mol. The van der Waals surface area contributed by atoms with E-state index in [1.165, 1.54) is 0 Å². The molecule has 0 bridgehead atoms. The zero-order valence-electron chi connectivity index (χ0n) is 7.85. The fraction of sp³-hybridized carbons (Fsp3) is 0.200. The third kappa shape index (κ3) is 2.18. The average Bonchev–Trinajstić information content (AvgIpc) is 2.57. The van der Waals surface area contributed by atoms with E-state index in [1.807, 2.05) is 22.7 Å². The fourth-order valence-electron chi connectivity index (χ4n) is 1.40. The van der Waals surface area contributed by atoms with Crippen molar-refractivity contribution < 1.29 is 9.90 Å². The molecule has 0 fully saturated rings. The Kier molecular flexibility index (Phi) is 2.73. The van der Waals surface area contributed by atoms with Crippen LogP contribution in [0.2, 0.25) is 0 Å². The summed E-state index contributed by atoms with van der Waals surface area (Å²) in [5.74, 6) is -0.778. The maximum absolute atomic E-state index is 10.4. The third-order valence-corrected chi connectivity index (χ3v) is 2.75. The van der Waals surface area contributed by atoms with Crippen molar-refractivity contribution in [2.75, 3.05) is 0 Å². The second kappa shape index (κ2) is 4.02. The van der Waals surface area contributed by atoms with E-state index in [2.05, 4.69) is 20.9 Å². The van der Waals surface area contributed by atoms with Crippen molar-refractivity contribution in [1.29, 1.82) is 0 Å². The number of aromatic nitrogens is 2. The number of aryl methyl sites for hydroxylation is 1. The molecule has 0 aliphatic heterocycles. The van der Waals surface area contributed by atoms with Gasteiger partial charge in [0.2, 0.25) is 0 Å². The largest absolute Gasteiger partial charge is 0.481 e. The van der Waals surface area contributed by atoms with Crippen LogP contribution in [0.25, 0.3) is 5.65 Å². The normalized spacial score (nSPS) is 10.7. The molecule has 78 valence electrons. The zero-order chi connectivity index (χ0) is 10.8. The summed E-state index contributed by atoms with van der Waals surface area (Å²) in [7, 11) is 0. The van der Waals surface area contributed by atoms with Gasteiger partial charge in [-0.05, 0) is 40.0 Å². The van der Waals surface area contributed by atoms with Crippen LogP contribution in [0.15, 0.2) is 29.1 Å². The Morgan fingerprint density at radius 3 is 3.13 bits per heavy atom. The highest BCUT2D eigenvalue weighted by Gasteiger charge is 2.03. The first-order valence-electron chi connectivity index (χ1n) is 4.50. The minimum absolute atomic E-state index is 0.151. The van der Waals surface area contributed by atoms with Gasteiger partial charge in [0, 0.05) is 12.6 Å². The number of aliphatic carboxylic acids is 1. The van der Waals surface area contributed by atoms with Crippen LogP contribution in [0.4, 0.5) is 0 Å². The number of imidazole rings is 1. The van der Waals surface area contributed by atoms with Gasteiger partial charge in [0.25, 0.3) is 0 Å². The van der Waals surface area contributed by atoms with E-state index in [-0.39, 0.29) is 6.42 Å². The lowest BCUT2D eigenvalue weighted by atomic mass is 10.1. The smallest absolute Gasteiger partial charge is 0.303 e. The molecule has 2 aromatic rings. The topological polar surface area (TPSA) is 54.6 Å².